The van der Waals surface area contributed by atoms with Gasteiger partial charge < -0.3 is 14.8 Å². The summed E-state index contributed by atoms with van der Waals surface area (Å²) in [4.78, 5) is 12.3. The molecule has 0 spiro atoms. The zero-order chi connectivity index (χ0) is 17.7. The fraction of sp³-hybridized carbons (Fsp3) is 0.316. The van der Waals surface area contributed by atoms with Crippen LogP contribution in [0.15, 0.2) is 36.4 Å². The van der Waals surface area contributed by atoms with Gasteiger partial charge in [0.15, 0.2) is 6.10 Å². The predicted molar refractivity (Wildman–Crippen MR) is 96.8 cm³/mol. The molecule has 2 rings (SSSR count). The Labute approximate surface area is 147 Å². The lowest BCUT2D eigenvalue weighted by Crippen LogP contribution is -2.30. The van der Waals surface area contributed by atoms with Crippen LogP contribution in [0.2, 0.25) is 5.02 Å². The number of benzene rings is 2. The van der Waals surface area contributed by atoms with E-state index < -0.39 is 6.10 Å². The molecule has 24 heavy (non-hydrogen) atoms. The van der Waals surface area contributed by atoms with E-state index in [1.165, 1.54) is 0 Å². The second kappa shape index (κ2) is 8.18. The molecule has 0 fully saturated rings. The zero-order valence-corrected chi connectivity index (χ0v) is 15.1. The average Bonchev–Trinajstić information content (AvgIpc) is 2.53. The zero-order valence-electron chi connectivity index (χ0n) is 14.4. The molecule has 0 aromatic heterocycles. The van der Waals surface area contributed by atoms with Crippen LogP contribution in [0.1, 0.15) is 23.6 Å². The lowest BCUT2D eigenvalue weighted by atomic mass is 10.1. The van der Waals surface area contributed by atoms with Gasteiger partial charge in [-0.2, -0.15) is 0 Å². The number of ether oxygens (including phenoxy) is 2. The van der Waals surface area contributed by atoms with E-state index in [1.807, 2.05) is 50.2 Å². The third-order valence-corrected chi connectivity index (χ3v) is 4.19. The number of methoxy groups -OCH3 is 1. The normalized spacial score (nSPS) is 11.9. The fourth-order valence-electron chi connectivity index (χ4n) is 2.38. The summed E-state index contributed by atoms with van der Waals surface area (Å²) < 4.78 is 10.8. The van der Waals surface area contributed by atoms with Crippen molar-refractivity contribution in [2.45, 2.75) is 33.5 Å². The van der Waals surface area contributed by atoms with Crippen LogP contribution in [0.4, 0.5) is 5.69 Å². The van der Waals surface area contributed by atoms with Crippen molar-refractivity contribution in [3.05, 3.63) is 58.1 Å². The molecule has 128 valence electrons. The molecule has 0 saturated carbocycles. The minimum Gasteiger partial charge on any atom is -0.481 e. The SMILES string of the molecule is COCc1cccc(NC(=O)C(C)Oc2cc(C)c(Cl)c(C)c2)c1. The molecule has 5 heteroatoms. The van der Waals surface area contributed by atoms with Crippen molar-refractivity contribution in [2.24, 2.45) is 0 Å². The van der Waals surface area contributed by atoms with Gasteiger partial charge in [0, 0.05) is 17.8 Å². The quantitative estimate of drug-likeness (QED) is 0.836. The third-order valence-electron chi connectivity index (χ3n) is 3.60. The Hall–Kier alpha value is -2.04. The number of nitrogens with one attached hydrogen (secondary N) is 1. The minimum atomic E-state index is -0.629. The first-order valence-corrected chi connectivity index (χ1v) is 8.10. The van der Waals surface area contributed by atoms with E-state index in [2.05, 4.69) is 5.32 Å². The number of hydrogen-bond acceptors (Lipinski definition) is 3. The number of carbonyl (C=O) groups is 1. The van der Waals surface area contributed by atoms with Crippen molar-refractivity contribution in [1.82, 2.24) is 0 Å². The maximum absolute atomic E-state index is 12.3. The van der Waals surface area contributed by atoms with Gasteiger partial charge in [-0.15, -0.1) is 0 Å². The van der Waals surface area contributed by atoms with Crippen molar-refractivity contribution in [2.75, 3.05) is 12.4 Å². The summed E-state index contributed by atoms with van der Waals surface area (Å²) in [7, 11) is 1.64. The van der Waals surface area contributed by atoms with Gasteiger partial charge in [-0.1, -0.05) is 23.7 Å². The average molecular weight is 348 g/mol. The maximum Gasteiger partial charge on any atom is 0.265 e. The van der Waals surface area contributed by atoms with Gasteiger partial charge in [0.25, 0.3) is 5.91 Å². The fourth-order valence-corrected chi connectivity index (χ4v) is 2.49. The molecule has 2 aromatic rings. The molecule has 0 saturated heterocycles. The summed E-state index contributed by atoms with van der Waals surface area (Å²) in [6.45, 7) is 6.04. The molecular weight excluding hydrogens is 326 g/mol. The van der Waals surface area contributed by atoms with Gasteiger partial charge >= 0.3 is 0 Å². The summed E-state index contributed by atoms with van der Waals surface area (Å²) in [6.07, 6.45) is -0.629. The van der Waals surface area contributed by atoms with Crippen molar-refractivity contribution >= 4 is 23.2 Å². The van der Waals surface area contributed by atoms with Crippen molar-refractivity contribution in [1.29, 1.82) is 0 Å². The van der Waals surface area contributed by atoms with Gasteiger partial charge in [0.1, 0.15) is 5.75 Å². The monoisotopic (exact) mass is 347 g/mol. The Kier molecular flexibility index (Phi) is 6.23. The van der Waals surface area contributed by atoms with Crippen LogP contribution in [0, 0.1) is 13.8 Å². The highest BCUT2D eigenvalue weighted by atomic mass is 35.5. The molecule has 0 bridgehead atoms. The van der Waals surface area contributed by atoms with Crippen LogP contribution in [0.25, 0.3) is 0 Å². The molecule has 0 heterocycles. The first-order valence-electron chi connectivity index (χ1n) is 7.73. The summed E-state index contributed by atoms with van der Waals surface area (Å²) >= 11 is 6.15. The van der Waals surface area contributed by atoms with E-state index >= 15 is 0 Å². The summed E-state index contributed by atoms with van der Waals surface area (Å²) in [6, 6.07) is 11.2. The Morgan fingerprint density at radius 2 is 1.88 bits per heavy atom. The van der Waals surface area contributed by atoms with Crippen molar-refractivity contribution in [3.63, 3.8) is 0 Å². The van der Waals surface area contributed by atoms with Crippen LogP contribution in [-0.2, 0) is 16.1 Å². The van der Waals surface area contributed by atoms with Crippen LogP contribution in [-0.4, -0.2) is 19.1 Å². The topological polar surface area (TPSA) is 47.6 Å². The highest BCUT2D eigenvalue weighted by molar-refractivity contribution is 6.32. The number of anilines is 1. The number of hydrogen-bond donors (Lipinski definition) is 1. The Bertz CT molecular complexity index is 707. The molecule has 0 radical (unpaired) electrons. The van der Waals surface area contributed by atoms with Crippen LogP contribution in [0.5, 0.6) is 5.75 Å². The summed E-state index contributed by atoms with van der Waals surface area (Å²) in [5.74, 6) is 0.417. The van der Waals surface area contributed by atoms with E-state index in [0.717, 1.165) is 21.7 Å². The molecule has 1 N–H and O–H groups in total. The van der Waals surface area contributed by atoms with Crippen molar-refractivity contribution in [3.8, 4) is 5.75 Å². The standard InChI is InChI=1S/C19H22ClNO3/c1-12-8-17(9-13(2)18(12)20)24-14(3)19(22)21-16-7-5-6-15(10-16)11-23-4/h5-10,14H,11H2,1-4H3,(H,21,22). The smallest absolute Gasteiger partial charge is 0.265 e. The molecular formula is C19H22ClNO3. The molecule has 0 aliphatic rings. The number of aryl methyl sites for hydroxylation is 2. The lowest BCUT2D eigenvalue weighted by Gasteiger charge is -2.16. The van der Waals surface area contributed by atoms with Gasteiger partial charge in [0.05, 0.1) is 6.61 Å². The first-order chi connectivity index (χ1) is 11.4. The Balaban J connectivity index is 2.03. The molecule has 4 nitrogen and oxygen atoms in total. The van der Waals surface area contributed by atoms with Gasteiger partial charge in [-0.05, 0) is 61.7 Å². The summed E-state index contributed by atoms with van der Waals surface area (Å²) in [5.41, 5.74) is 3.55. The molecule has 1 atom stereocenters. The van der Waals surface area contributed by atoms with E-state index in [0.29, 0.717) is 18.0 Å². The Morgan fingerprint density at radius 3 is 2.50 bits per heavy atom. The molecule has 0 aliphatic carbocycles. The van der Waals surface area contributed by atoms with Gasteiger partial charge in [-0.25, -0.2) is 0 Å². The number of halogens is 1. The van der Waals surface area contributed by atoms with Crippen LogP contribution >= 0.6 is 11.6 Å². The minimum absolute atomic E-state index is 0.213. The number of rotatable bonds is 6. The van der Waals surface area contributed by atoms with E-state index in [4.69, 9.17) is 21.1 Å². The number of amides is 1. The highest BCUT2D eigenvalue weighted by Crippen LogP contribution is 2.26. The van der Waals surface area contributed by atoms with Crippen LogP contribution < -0.4 is 10.1 Å². The second-order valence-electron chi connectivity index (χ2n) is 5.75. The highest BCUT2D eigenvalue weighted by Gasteiger charge is 2.16. The van der Waals surface area contributed by atoms with Gasteiger partial charge in [0.2, 0.25) is 0 Å². The second-order valence-corrected chi connectivity index (χ2v) is 6.13. The number of carbonyl (C=O) groups excluding carboxylic acids is 1. The van der Waals surface area contributed by atoms with E-state index in [1.54, 1.807) is 14.0 Å². The molecule has 1 unspecified atom stereocenters. The third kappa shape index (κ3) is 4.73. The van der Waals surface area contributed by atoms with E-state index in [-0.39, 0.29) is 5.91 Å². The van der Waals surface area contributed by atoms with E-state index in [9.17, 15) is 4.79 Å². The Morgan fingerprint density at radius 1 is 1.21 bits per heavy atom. The molecule has 0 aliphatic heterocycles. The van der Waals surface area contributed by atoms with Crippen LogP contribution in [0.3, 0.4) is 0 Å². The van der Waals surface area contributed by atoms with Crippen molar-refractivity contribution < 1.29 is 14.3 Å². The maximum atomic E-state index is 12.3. The first kappa shape index (κ1) is 18.3. The summed E-state index contributed by atoms with van der Waals surface area (Å²) in [5, 5.41) is 3.57. The predicted octanol–water partition coefficient (Wildman–Crippen LogP) is 4.51. The molecule has 1 amide bonds. The largest absolute Gasteiger partial charge is 0.481 e. The molecule has 2 aromatic carbocycles. The lowest BCUT2D eigenvalue weighted by molar-refractivity contribution is -0.122. The van der Waals surface area contributed by atoms with Gasteiger partial charge in [-0.3, -0.25) is 4.79 Å².